The van der Waals surface area contributed by atoms with Crippen molar-refractivity contribution >= 4 is 34.0 Å². The van der Waals surface area contributed by atoms with Crippen LogP contribution in [0.15, 0.2) is 12.1 Å². The number of aryl methyl sites for hydroxylation is 3. The number of rotatable bonds is 2. The predicted molar refractivity (Wildman–Crippen MR) is 80.7 cm³/mol. The molecule has 0 unspecified atom stereocenters. The van der Waals surface area contributed by atoms with E-state index in [2.05, 4.69) is 15.3 Å². The average Bonchev–Trinajstić information content (AvgIpc) is 2.79. The SMILES string of the molecule is Cc1cc(C(=O)Nc2nc3c(s2)CCCC3)cc(Cl)n1. The fourth-order valence-corrected chi connectivity index (χ4v) is 3.63. The van der Waals surface area contributed by atoms with Gasteiger partial charge in [0.1, 0.15) is 5.15 Å². The van der Waals surface area contributed by atoms with E-state index in [1.54, 1.807) is 23.5 Å². The van der Waals surface area contributed by atoms with Gasteiger partial charge in [0.15, 0.2) is 5.13 Å². The molecule has 2 aromatic heterocycles. The zero-order valence-electron chi connectivity index (χ0n) is 11.1. The maximum Gasteiger partial charge on any atom is 0.257 e. The maximum atomic E-state index is 12.2. The molecule has 4 nitrogen and oxygen atoms in total. The molecule has 0 saturated heterocycles. The largest absolute Gasteiger partial charge is 0.298 e. The van der Waals surface area contributed by atoms with Crippen LogP contribution in [0.25, 0.3) is 0 Å². The molecule has 0 radical (unpaired) electrons. The predicted octanol–water partition coefficient (Wildman–Crippen LogP) is 3.63. The number of pyridine rings is 1. The average molecular weight is 308 g/mol. The van der Waals surface area contributed by atoms with Crippen molar-refractivity contribution in [3.8, 4) is 0 Å². The Morgan fingerprint density at radius 2 is 2.10 bits per heavy atom. The second-order valence-corrected chi connectivity index (χ2v) is 6.34. The third kappa shape index (κ3) is 2.83. The minimum atomic E-state index is -0.191. The number of carbonyl (C=O) groups is 1. The number of hydrogen-bond donors (Lipinski definition) is 1. The molecule has 1 N–H and O–H groups in total. The lowest BCUT2D eigenvalue weighted by Crippen LogP contribution is -2.12. The molecule has 1 aliphatic carbocycles. The van der Waals surface area contributed by atoms with Crippen LogP contribution in [0.1, 0.15) is 39.5 Å². The van der Waals surface area contributed by atoms with E-state index in [1.165, 1.54) is 17.7 Å². The van der Waals surface area contributed by atoms with Crippen LogP contribution in [-0.4, -0.2) is 15.9 Å². The number of nitrogens with zero attached hydrogens (tertiary/aromatic N) is 2. The Labute approximate surface area is 126 Å². The van der Waals surface area contributed by atoms with Crippen LogP contribution in [-0.2, 0) is 12.8 Å². The van der Waals surface area contributed by atoms with E-state index >= 15 is 0 Å². The van der Waals surface area contributed by atoms with E-state index in [-0.39, 0.29) is 5.91 Å². The molecule has 1 amide bonds. The topological polar surface area (TPSA) is 54.9 Å². The Morgan fingerprint density at radius 1 is 1.30 bits per heavy atom. The van der Waals surface area contributed by atoms with Gasteiger partial charge in [-0.3, -0.25) is 10.1 Å². The normalized spacial score (nSPS) is 13.9. The number of nitrogens with one attached hydrogen (secondary N) is 1. The van der Waals surface area contributed by atoms with Crippen LogP contribution in [0.4, 0.5) is 5.13 Å². The molecule has 6 heteroatoms. The highest BCUT2D eigenvalue weighted by atomic mass is 35.5. The highest BCUT2D eigenvalue weighted by Gasteiger charge is 2.17. The second-order valence-electron chi connectivity index (χ2n) is 4.87. The van der Waals surface area contributed by atoms with Crippen molar-refractivity contribution in [1.82, 2.24) is 9.97 Å². The zero-order chi connectivity index (χ0) is 14.1. The monoisotopic (exact) mass is 307 g/mol. The molecular weight excluding hydrogens is 294 g/mol. The molecule has 2 heterocycles. The van der Waals surface area contributed by atoms with Crippen molar-refractivity contribution in [2.75, 3.05) is 5.32 Å². The van der Waals surface area contributed by atoms with Gasteiger partial charge < -0.3 is 0 Å². The molecule has 0 bridgehead atoms. The fraction of sp³-hybridized carbons (Fsp3) is 0.357. The van der Waals surface area contributed by atoms with E-state index in [0.29, 0.717) is 15.8 Å². The number of fused-ring (bicyclic) bond motifs is 1. The van der Waals surface area contributed by atoms with Gasteiger partial charge in [-0.25, -0.2) is 9.97 Å². The molecule has 0 aliphatic heterocycles. The summed E-state index contributed by atoms with van der Waals surface area (Å²) in [6.45, 7) is 1.81. The van der Waals surface area contributed by atoms with E-state index < -0.39 is 0 Å². The summed E-state index contributed by atoms with van der Waals surface area (Å²) in [6, 6.07) is 3.28. The van der Waals surface area contributed by atoms with Crippen molar-refractivity contribution in [2.45, 2.75) is 32.6 Å². The fourth-order valence-electron chi connectivity index (χ4n) is 2.33. The summed E-state index contributed by atoms with van der Waals surface area (Å²) >= 11 is 7.45. The first-order valence-corrected chi connectivity index (χ1v) is 7.75. The lowest BCUT2D eigenvalue weighted by Gasteiger charge is -2.06. The van der Waals surface area contributed by atoms with E-state index in [4.69, 9.17) is 11.6 Å². The van der Waals surface area contributed by atoms with Crippen molar-refractivity contribution in [2.24, 2.45) is 0 Å². The number of hydrogen-bond acceptors (Lipinski definition) is 4. The smallest absolute Gasteiger partial charge is 0.257 e. The molecule has 0 saturated carbocycles. The van der Waals surface area contributed by atoms with Gasteiger partial charge in [-0.05, 0) is 44.7 Å². The van der Waals surface area contributed by atoms with Gasteiger partial charge in [0, 0.05) is 16.1 Å². The second kappa shape index (κ2) is 5.50. The Hall–Kier alpha value is -1.46. The Bertz CT molecular complexity index is 625. The quantitative estimate of drug-likeness (QED) is 0.862. The number of anilines is 1. The molecule has 3 rings (SSSR count). The molecule has 0 atom stereocenters. The highest BCUT2D eigenvalue weighted by molar-refractivity contribution is 7.15. The Morgan fingerprint density at radius 3 is 2.85 bits per heavy atom. The number of aromatic nitrogens is 2. The van der Waals surface area contributed by atoms with Gasteiger partial charge in [-0.15, -0.1) is 11.3 Å². The molecule has 104 valence electrons. The van der Waals surface area contributed by atoms with Crippen LogP contribution in [0.5, 0.6) is 0 Å². The number of amides is 1. The van der Waals surface area contributed by atoms with Gasteiger partial charge in [-0.2, -0.15) is 0 Å². The van der Waals surface area contributed by atoms with Crippen molar-refractivity contribution < 1.29 is 4.79 Å². The highest BCUT2D eigenvalue weighted by Crippen LogP contribution is 2.29. The first kappa shape index (κ1) is 13.5. The van der Waals surface area contributed by atoms with Crippen LogP contribution in [0, 0.1) is 6.92 Å². The van der Waals surface area contributed by atoms with Crippen LogP contribution < -0.4 is 5.32 Å². The van der Waals surface area contributed by atoms with Crippen LogP contribution in [0.2, 0.25) is 5.15 Å². The Kier molecular flexibility index (Phi) is 3.72. The third-order valence-corrected chi connectivity index (χ3v) is 4.52. The van der Waals surface area contributed by atoms with Gasteiger partial charge in [0.05, 0.1) is 5.69 Å². The van der Waals surface area contributed by atoms with Gasteiger partial charge >= 0.3 is 0 Å². The summed E-state index contributed by atoms with van der Waals surface area (Å²) in [6.07, 6.45) is 4.48. The lowest BCUT2D eigenvalue weighted by atomic mass is 10.0. The first-order valence-electron chi connectivity index (χ1n) is 6.56. The van der Waals surface area contributed by atoms with Gasteiger partial charge in [-0.1, -0.05) is 11.6 Å². The van der Waals surface area contributed by atoms with E-state index in [1.807, 2.05) is 6.92 Å². The molecule has 0 aromatic carbocycles. The Balaban J connectivity index is 1.80. The lowest BCUT2D eigenvalue weighted by molar-refractivity contribution is 0.102. The summed E-state index contributed by atoms with van der Waals surface area (Å²) in [7, 11) is 0. The van der Waals surface area contributed by atoms with Gasteiger partial charge in [0.2, 0.25) is 0 Å². The van der Waals surface area contributed by atoms with Crippen LogP contribution in [0.3, 0.4) is 0 Å². The van der Waals surface area contributed by atoms with E-state index in [9.17, 15) is 4.79 Å². The number of halogens is 1. The summed E-state index contributed by atoms with van der Waals surface area (Å²) in [5.74, 6) is -0.191. The van der Waals surface area contributed by atoms with Crippen LogP contribution >= 0.6 is 22.9 Å². The van der Waals surface area contributed by atoms with Gasteiger partial charge in [0.25, 0.3) is 5.91 Å². The summed E-state index contributed by atoms with van der Waals surface area (Å²) in [4.78, 5) is 22.1. The van der Waals surface area contributed by atoms with Crippen molar-refractivity contribution in [3.63, 3.8) is 0 Å². The molecule has 1 aliphatic rings. The summed E-state index contributed by atoms with van der Waals surface area (Å²) < 4.78 is 0. The number of carbonyl (C=O) groups excluding carboxylic acids is 1. The minimum absolute atomic E-state index is 0.191. The minimum Gasteiger partial charge on any atom is -0.298 e. The first-order chi connectivity index (χ1) is 9.61. The maximum absolute atomic E-state index is 12.2. The van der Waals surface area contributed by atoms with Crippen molar-refractivity contribution in [3.05, 3.63) is 39.1 Å². The van der Waals surface area contributed by atoms with Crippen molar-refractivity contribution in [1.29, 1.82) is 0 Å². The molecule has 20 heavy (non-hydrogen) atoms. The van der Waals surface area contributed by atoms with E-state index in [0.717, 1.165) is 24.2 Å². The molecule has 2 aromatic rings. The zero-order valence-corrected chi connectivity index (χ0v) is 12.6. The molecule has 0 fully saturated rings. The summed E-state index contributed by atoms with van der Waals surface area (Å²) in [5, 5.41) is 3.85. The molecular formula is C14H14ClN3OS. The summed E-state index contributed by atoms with van der Waals surface area (Å²) in [5.41, 5.74) is 2.37. The molecule has 0 spiro atoms. The number of thiazole rings is 1. The standard InChI is InChI=1S/C14H14ClN3OS/c1-8-6-9(7-12(15)16-8)13(19)18-14-17-10-4-2-3-5-11(10)20-14/h6-7H,2-5H2,1H3,(H,17,18,19). The third-order valence-electron chi connectivity index (χ3n) is 3.25.